The van der Waals surface area contributed by atoms with Crippen molar-refractivity contribution in [3.63, 3.8) is 0 Å². The number of rotatable bonds is 2. The van der Waals surface area contributed by atoms with E-state index in [1.54, 1.807) is 0 Å². The van der Waals surface area contributed by atoms with Gasteiger partial charge in [-0.2, -0.15) is 0 Å². The van der Waals surface area contributed by atoms with Crippen LogP contribution in [0, 0.1) is 76.4 Å². The van der Waals surface area contributed by atoms with E-state index in [2.05, 4.69) is 34.6 Å². The monoisotopic (exact) mass is 474 g/mol. The van der Waals surface area contributed by atoms with Gasteiger partial charge in [0.15, 0.2) is 0 Å². The summed E-state index contributed by atoms with van der Waals surface area (Å²) in [6.07, 6.45) is 10.8. The first-order valence-electron chi connectivity index (χ1n) is 15.1. The summed E-state index contributed by atoms with van der Waals surface area (Å²) in [5.41, 5.74) is -0.213. The summed E-state index contributed by atoms with van der Waals surface area (Å²) < 4.78 is 0. The van der Waals surface area contributed by atoms with E-state index in [4.69, 9.17) is 0 Å². The number of fused-ring (bicyclic) bond motifs is 3. The Kier molecular flexibility index (Phi) is 7.00. The van der Waals surface area contributed by atoms with E-state index < -0.39 is 12.2 Å². The quantitative estimate of drug-likeness (QED) is 0.450. The van der Waals surface area contributed by atoms with Crippen molar-refractivity contribution in [2.75, 3.05) is 0 Å². The van der Waals surface area contributed by atoms with Crippen LogP contribution in [0.1, 0.15) is 99.3 Å². The molecule has 3 N–H and O–H groups in total. The lowest BCUT2D eigenvalue weighted by atomic mass is 9.41. The molecule has 0 saturated heterocycles. The SMILES string of the molecule is CC(O)C1C(C)C[C@@H]2C[C@@H]3CC4C(C5CCCCC5)CC(C)C(C)C4C(O)C3C(C)[C@]2(C)C1O. The molecule has 0 spiro atoms. The molecule has 0 aromatic heterocycles. The van der Waals surface area contributed by atoms with Gasteiger partial charge in [0.2, 0.25) is 0 Å². The Morgan fingerprint density at radius 3 is 2.09 bits per heavy atom. The lowest BCUT2D eigenvalue weighted by Gasteiger charge is -2.65. The van der Waals surface area contributed by atoms with Gasteiger partial charge < -0.3 is 15.3 Å². The molecule has 5 rings (SSSR count). The molecular formula is C31H54O3. The Morgan fingerprint density at radius 2 is 1.44 bits per heavy atom. The third-order valence-corrected chi connectivity index (χ3v) is 13.3. The number of hydrogen-bond donors (Lipinski definition) is 3. The number of aliphatic hydroxyl groups is 3. The van der Waals surface area contributed by atoms with Gasteiger partial charge in [-0.3, -0.25) is 0 Å². The van der Waals surface area contributed by atoms with E-state index in [1.807, 2.05) is 6.92 Å². The maximum absolute atomic E-state index is 12.2. The minimum absolute atomic E-state index is 0.0574. The van der Waals surface area contributed by atoms with Crippen molar-refractivity contribution >= 4 is 0 Å². The van der Waals surface area contributed by atoms with Gasteiger partial charge in [0.05, 0.1) is 18.3 Å². The van der Waals surface area contributed by atoms with E-state index >= 15 is 0 Å². The lowest BCUT2D eigenvalue weighted by molar-refractivity contribution is -0.229. The van der Waals surface area contributed by atoms with Gasteiger partial charge in [-0.15, -0.1) is 0 Å². The summed E-state index contributed by atoms with van der Waals surface area (Å²) in [7, 11) is 0. The second-order valence-corrected chi connectivity index (χ2v) is 14.5. The lowest BCUT2D eigenvalue weighted by Crippen LogP contribution is -2.65. The van der Waals surface area contributed by atoms with Crippen LogP contribution in [0.2, 0.25) is 0 Å². The van der Waals surface area contributed by atoms with Crippen LogP contribution < -0.4 is 0 Å². The van der Waals surface area contributed by atoms with Crippen LogP contribution in [0.3, 0.4) is 0 Å². The maximum Gasteiger partial charge on any atom is 0.0654 e. The van der Waals surface area contributed by atoms with Gasteiger partial charge >= 0.3 is 0 Å². The van der Waals surface area contributed by atoms with Crippen molar-refractivity contribution in [1.82, 2.24) is 0 Å². The summed E-state index contributed by atoms with van der Waals surface area (Å²) in [5.74, 6) is 6.06. The summed E-state index contributed by atoms with van der Waals surface area (Å²) in [4.78, 5) is 0. The fourth-order valence-corrected chi connectivity index (χ4v) is 11.2. The zero-order chi connectivity index (χ0) is 24.5. The smallest absolute Gasteiger partial charge is 0.0654 e. The first-order chi connectivity index (χ1) is 16.1. The molecule has 5 aliphatic rings. The van der Waals surface area contributed by atoms with E-state index in [0.29, 0.717) is 47.3 Å². The van der Waals surface area contributed by atoms with Gasteiger partial charge in [-0.1, -0.05) is 66.7 Å². The molecule has 0 aliphatic heterocycles. The van der Waals surface area contributed by atoms with Crippen LogP contribution in [-0.4, -0.2) is 33.6 Å². The summed E-state index contributed by atoms with van der Waals surface area (Å²) >= 11 is 0. The Balaban J connectivity index is 1.46. The molecule has 0 aromatic carbocycles. The molecule has 0 heterocycles. The summed E-state index contributed by atoms with van der Waals surface area (Å²) in [5, 5.41) is 34.4. The Bertz CT molecular complexity index is 715. The molecule has 12 unspecified atom stereocenters. The Labute approximate surface area is 209 Å². The second-order valence-electron chi connectivity index (χ2n) is 14.5. The van der Waals surface area contributed by atoms with Crippen LogP contribution in [0.25, 0.3) is 0 Å². The highest BCUT2D eigenvalue weighted by molar-refractivity contribution is 5.12. The van der Waals surface area contributed by atoms with Gasteiger partial charge in [0.25, 0.3) is 0 Å². The minimum atomic E-state index is -0.486. The Hall–Kier alpha value is -0.120. The van der Waals surface area contributed by atoms with Crippen LogP contribution in [0.15, 0.2) is 0 Å². The highest BCUT2D eigenvalue weighted by Crippen LogP contribution is 2.65. The second kappa shape index (κ2) is 9.32. The molecule has 0 amide bonds. The largest absolute Gasteiger partial charge is 0.393 e. The van der Waals surface area contributed by atoms with Crippen molar-refractivity contribution in [3.05, 3.63) is 0 Å². The van der Waals surface area contributed by atoms with E-state index in [-0.39, 0.29) is 23.4 Å². The molecule has 0 aromatic rings. The fourth-order valence-electron chi connectivity index (χ4n) is 11.2. The summed E-state index contributed by atoms with van der Waals surface area (Å²) in [6.45, 7) is 13.6. The van der Waals surface area contributed by atoms with Crippen molar-refractivity contribution in [2.45, 2.75) is 118 Å². The van der Waals surface area contributed by atoms with Crippen LogP contribution in [-0.2, 0) is 0 Å². The molecule has 5 aliphatic carbocycles. The Morgan fingerprint density at radius 1 is 0.765 bits per heavy atom. The predicted molar refractivity (Wildman–Crippen MR) is 138 cm³/mol. The molecule has 34 heavy (non-hydrogen) atoms. The van der Waals surface area contributed by atoms with Gasteiger partial charge in [0.1, 0.15) is 0 Å². The first-order valence-corrected chi connectivity index (χ1v) is 15.1. The molecule has 5 saturated carbocycles. The molecule has 15 atom stereocenters. The highest BCUT2D eigenvalue weighted by atomic mass is 16.3. The molecule has 0 bridgehead atoms. The van der Waals surface area contributed by atoms with E-state index in [0.717, 1.165) is 18.3 Å². The van der Waals surface area contributed by atoms with E-state index in [1.165, 1.54) is 51.4 Å². The highest BCUT2D eigenvalue weighted by Gasteiger charge is 2.63. The first kappa shape index (κ1) is 25.5. The van der Waals surface area contributed by atoms with E-state index in [9.17, 15) is 15.3 Å². The van der Waals surface area contributed by atoms with Crippen LogP contribution in [0.5, 0.6) is 0 Å². The third-order valence-electron chi connectivity index (χ3n) is 13.3. The average Bonchev–Trinajstić information content (AvgIpc) is 2.79. The number of hydrogen-bond acceptors (Lipinski definition) is 3. The average molecular weight is 475 g/mol. The van der Waals surface area contributed by atoms with Gasteiger partial charge in [-0.05, 0) is 103 Å². The van der Waals surface area contributed by atoms with Crippen molar-refractivity contribution in [1.29, 1.82) is 0 Å². The molecule has 5 fully saturated rings. The number of aliphatic hydroxyl groups excluding tert-OH is 3. The molecule has 3 heteroatoms. The predicted octanol–water partition coefficient (Wildman–Crippen LogP) is 6.15. The topological polar surface area (TPSA) is 60.7 Å². The standard InChI is InChI=1S/C31H54O3/c1-16-13-24(21-10-8-7-9-11-21)25-15-22-14-23-12-17(2)26(20(5)32)30(34)31(23,6)19(4)28(22)29(33)27(25)18(16)3/h16-30,32-34H,7-15H2,1-6H3/t16?,17?,18?,19?,20?,22-,23-,24?,25?,26?,27?,28?,29?,30?,31+/m1/s1. The van der Waals surface area contributed by atoms with Crippen molar-refractivity contribution < 1.29 is 15.3 Å². The fraction of sp³-hybridized carbons (Fsp3) is 1.00. The normalized spacial score (nSPS) is 57.3. The van der Waals surface area contributed by atoms with Crippen LogP contribution in [0.4, 0.5) is 0 Å². The zero-order valence-corrected chi connectivity index (χ0v) is 22.9. The molecule has 196 valence electrons. The van der Waals surface area contributed by atoms with Gasteiger partial charge in [-0.25, -0.2) is 0 Å². The maximum atomic E-state index is 12.2. The summed E-state index contributed by atoms with van der Waals surface area (Å²) in [6, 6.07) is 0. The van der Waals surface area contributed by atoms with Crippen molar-refractivity contribution in [3.8, 4) is 0 Å². The van der Waals surface area contributed by atoms with Gasteiger partial charge in [0, 0.05) is 5.92 Å². The molecule has 0 radical (unpaired) electrons. The minimum Gasteiger partial charge on any atom is -0.393 e. The van der Waals surface area contributed by atoms with Crippen LogP contribution >= 0.6 is 0 Å². The zero-order valence-electron chi connectivity index (χ0n) is 22.9. The third kappa shape index (κ3) is 3.76. The molecular weight excluding hydrogens is 420 g/mol. The van der Waals surface area contributed by atoms with Crippen molar-refractivity contribution in [2.24, 2.45) is 76.4 Å². The molecule has 3 nitrogen and oxygen atoms in total.